The van der Waals surface area contributed by atoms with Gasteiger partial charge in [-0.2, -0.15) is 5.26 Å². The van der Waals surface area contributed by atoms with Gasteiger partial charge in [0, 0.05) is 15.2 Å². The molecule has 0 aliphatic rings. The van der Waals surface area contributed by atoms with Crippen LogP contribution in [0.25, 0.3) is 10.8 Å². The molecule has 0 amide bonds. The standard InChI is InChI=1S/C18H13NS/c1-13-6-9-15(10-7-13)20-18-11-8-14(12-19)16-4-2-3-5-17(16)18/h2-11H,1H3. The van der Waals surface area contributed by atoms with Crippen LogP contribution in [0.1, 0.15) is 11.1 Å². The third-order valence-corrected chi connectivity index (χ3v) is 4.34. The summed E-state index contributed by atoms with van der Waals surface area (Å²) in [6, 6.07) is 22.8. The molecule has 3 aromatic carbocycles. The summed E-state index contributed by atoms with van der Waals surface area (Å²) in [6.07, 6.45) is 0. The van der Waals surface area contributed by atoms with Gasteiger partial charge in [-0.1, -0.05) is 53.7 Å². The molecule has 2 heteroatoms. The zero-order chi connectivity index (χ0) is 13.9. The monoisotopic (exact) mass is 275 g/mol. The lowest BCUT2D eigenvalue weighted by molar-refractivity contribution is 1.37. The molecule has 0 N–H and O–H groups in total. The third-order valence-electron chi connectivity index (χ3n) is 3.25. The first kappa shape index (κ1) is 12.8. The van der Waals surface area contributed by atoms with E-state index in [1.54, 1.807) is 11.8 Å². The Morgan fingerprint density at radius 2 is 1.55 bits per heavy atom. The molecule has 96 valence electrons. The van der Waals surface area contributed by atoms with Crippen molar-refractivity contribution in [1.82, 2.24) is 0 Å². The first-order valence-electron chi connectivity index (χ1n) is 6.44. The number of nitrogens with zero attached hydrogens (tertiary/aromatic N) is 1. The molecule has 0 heterocycles. The number of fused-ring (bicyclic) bond motifs is 1. The first-order chi connectivity index (χ1) is 9.78. The highest BCUT2D eigenvalue weighted by Gasteiger charge is 2.06. The van der Waals surface area contributed by atoms with Crippen molar-refractivity contribution in [2.24, 2.45) is 0 Å². The highest BCUT2D eigenvalue weighted by molar-refractivity contribution is 7.99. The minimum absolute atomic E-state index is 0.730. The maximum atomic E-state index is 9.19. The molecule has 0 spiro atoms. The van der Waals surface area contributed by atoms with Crippen LogP contribution in [0.3, 0.4) is 0 Å². The molecule has 0 unspecified atom stereocenters. The van der Waals surface area contributed by atoms with Crippen molar-refractivity contribution in [3.8, 4) is 6.07 Å². The van der Waals surface area contributed by atoms with Gasteiger partial charge in [-0.25, -0.2) is 0 Å². The number of benzene rings is 3. The Bertz CT molecular complexity index is 798. The van der Waals surface area contributed by atoms with Crippen LogP contribution in [0, 0.1) is 18.3 Å². The molecule has 0 radical (unpaired) electrons. The maximum Gasteiger partial charge on any atom is 0.0998 e. The molecule has 0 saturated carbocycles. The van der Waals surface area contributed by atoms with E-state index in [4.69, 9.17) is 0 Å². The molecule has 20 heavy (non-hydrogen) atoms. The molecule has 0 bridgehead atoms. The van der Waals surface area contributed by atoms with Crippen molar-refractivity contribution in [2.45, 2.75) is 16.7 Å². The highest BCUT2D eigenvalue weighted by Crippen LogP contribution is 2.34. The average Bonchev–Trinajstić information content (AvgIpc) is 2.50. The minimum atomic E-state index is 0.730. The summed E-state index contributed by atoms with van der Waals surface area (Å²) in [7, 11) is 0. The SMILES string of the molecule is Cc1ccc(Sc2ccc(C#N)c3ccccc23)cc1. The fourth-order valence-electron chi connectivity index (χ4n) is 2.19. The van der Waals surface area contributed by atoms with Crippen LogP contribution >= 0.6 is 11.8 Å². The molecular weight excluding hydrogens is 262 g/mol. The van der Waals surface area contributed by atoms with Crippen LogP contribution in [-0.4, -0.2) is 0 Å². The molecule has 0 aliphatic heterocycles. The number of hydrogen-bond acceptors (Lipinski definition) is 2. The van der Waals surface area contributed by atoms with Crippen molar-refractivity contribution < 1.29 is 0 Å². The second kappa shape index (κ2) is 5.40. The van der Waals surface area contributed by atoms with E-state index in [1.165, 1.54) is 15.4 Å². The van der Waals surface area contributed by atoms with E-state index in [0.717, 1.165) is 16.3 Å². The Labute approximate surface area is 122 Å². The molecular formula is C18H13NS. The van der Waals surface area contributed by atoms with Gasteiger partial charge in [0.05, 0.1) is 11.6 Å². The number of aryl methyl sites for hydroxylation is 1. The Kier molecular flexibility index (Phi) is 3.45. The van der Waals surface area contributed by atoms with E-state index >= 15 is 0 Å². The summed E-state index contributed by atoms with van der Waals surface area (Å²) in [5.74, 6) is 0. The fraction of sp³-hybridized carbons (Fsp3) is 0.0556. The van der Waals surface area contributed by atoms with Gasteiger partial charge >= 0.3 is 0 Å². The van der Waals surface area contributed by atoms with E-state index in [9.17, 15) is 5.26 Å². The largest absolute Gasteiger partial charge is 0.192 e. The Hall–Kier alpha value is -2.24. The number of rotatable bonds is 2. The minimum Gasteiger partial charge on any atom is -0.192 e. The van der Waals surface area contributed by atoms with Gasteiger partial charge in [0.1, 0.15) is 0 Å². The molecule has 3 rings (SSSR count). The predicted octanol–water partition coefficient (Wildman–Crippen LogP) is 5.17. The Balaban J connectivity index is 2.09. The van der Waals surface area contributed by atoms with Gasteiger partial charge in [0.25, 0.3) is 0 Å². The van der Waals surface area contributed by atoms with Crippen molar-refractivity contribution in [1.29, 1.82) is 5.26 Å². The molecule has 3 aromatic rings. The van der Waals surface area contributed by atoms with Gasteiger partial charge in [0.15, 0.2) is 0 Å². The third kappa shape index (κ3) is 2.41. The molecule has 1 nitrogen and oxygen atoms in total. The number of nitriles is 1. The predicted molar refractivity (Wildman–Crippen MR) is 84.0 cm³/mol. The second-order valence-electron chi connectivity index (χ2n) is 4.68. The quantitative estimate of drug-likeness (QED) is 0.644. The summed E-state index contributed by atoms with van der Waals surface area (Å²) >= 11 is 1.74. The summed E-state index contributed by atoms with van der Waals surface area (Å²) < 4.78 is 0. The van der Waals surface area contributed by atoms with Gasteiger partial charge in [-0.3, -0.25) is 0 Å². The normalized spacial score (nSPS) is 10.4. The van der Waals surface area contributed by atoms with Crippen molar-refractivity contribution in [3.63, 3.8) is 0 Å². The van der Waals surface area contributed by atoms with Crippen LogP contribution in [0.2, 0.25) is 0 Å². The van der Waals surface area contributed by atoms with Crippen LogP contribution in [0.15, 0.2) is 70.5 Å². The summed E-state index contributed by atoms with van der Waals surface area (Å²) in [5, 5.41) is 11.3. The molecule has 0 saturated heterocycles. The zero-order valence-electron chi connectivity index (χ0n) is 11.1. The average molecular weight is 275 g/mol. The van der Waals surface area contributed by atoms with Crippen LogP contribution in [-0.2, 0) is 0 Å². The summed E-state index contributed by atoms with van der Waals surface area (Å²) in [6.45, 7) is 2.09. The van der Waals surface area contributed by atoms with Gasteiger partial charge in [0.2, 0.25) is 0 Å². The van der Waals surface area contributed by atoms with Crippen molar-refractivity contribution in [2.75, 3.05) is 0 Å². The molecule has 0 aromatic heterocycles. The van der Waals surface area contributed by atoms with Crippen LogP contribution in [0.5, 0.6) is 0 Å². The van der Waals surface area contributed by atoms with Crippen molar-refractivity contribution in [3.05, 3.63) is 71.8 Å². The Morgan fingerprint density at radius 1 is 0.850 bits per heavy atom. The maximum absolute atomic E-state index is 9.19. The molecule has 0 aliphatic carbocycles. The van der Waals surface area contributed by atoms with Crippen LogP contribution < -0.4 is 0 Å². The van der Waals surface area contributed by atoms with Gasteiger partial charge < -0.3 is 0 Å². The highest BCUT2D eigenvalue weighted by atomic mass is 32.2. The van der Waals surface area contributed by atoms with E-state index in [0.29, 0.717) is 0 Å². The number of hydrogen-bond donors (Lipinski definition) is 0. The lowest BCUT2D eigenvalue weighted by atomic mass is 10.1. The lowest BCUT2D eigenvalue weighted by Gasteiger charge is -2.08. The first-order valence-corrected chi connectivity index (χ1v) is 7.26. The molecule has 0 fully saturated rings. The summed E-state index contributed by atoms with van der Waals surface area (Å²) in [5.41, 5.74) is 1.99. The van der Waals surface area contributed by atoms with Crippen LogP contribution in [0.4, 0.5) is 0 Å². The van der Waals surface area contributed by atoms with E-state index in [1.807, 2.05) is 30.3 Å². The topological polar surface area (TPSA) is 23.8 Å². The summed E-state index contributed by atoms with van der Waals surface area (Å²) in [4.78, 5) is 2.40. The lowest BCUT2D eigenvalue weighted by Crippen LogP contribution is -1.83. The van der Waals surface area contributed by atoms with E-state index in [2.05, 4.69) is 43.3 Å². The fourth-order valence-corrected chi connectivity index (χ4v) is 3.14. The molecule has 0 atom stereocenters. The van der Waals surface area contributed by atoms with E-state index < -0.39 is 0 Å². The van der Waals surface area contributed by atoms with Gasteiger partial charge in [-0.05, 0) is 36.6 Å². The van der Waals surface area contributed by atoms with Crippen molar-refractivity contribution >= 4 is 22.5 Å². The Morgan fingerprint density at radius 3 is 2.25 bits per heavy atom. The van der Waals surface area contributed by atoms with E-state index in [-0.39, 0.29) is 0 Å². The second-order valence-corrected chi connectivity index (χ2v) is 5.80. The zero-order valence-corrected chi connectivity index (χ0v) is 11.9. The van der Waals surface area contributed by atoms with Gasteiger partial charge in [-0.15, -0.1) is 0 Å². The smallest absolute Gasteiger partial charge is 0.0998 e.